The van der Waals surface area contributed by atoms with Gasteiger partial charge < -0.3 is 29.5 Å². The van der Waals surface area contributed by atoms with Gasteiger partial charge in [-0.15, -0.1) is 0 Å². The Kier molecular flexibility index (Phi) is 12.0. The number of piperazine rings is 1. The zero-order valence-electron chi connectivity index (χ0n) is 25.1. The maximum Gasteiger partial charge on any atom is 0.414 e. The molecule has 0 bridgehead atoms. The number of aliphatic carboxylic acids is 2. The van der Waals surface area contributed by atoms with E-state index in [0.29, 0.717) is 19.1 Å². The fourth-order valence-electron chi connectivity index (χ4n) is 5.49. The highest BCUT2D eigenvalue weighted by Crippen LogP contribution is 2.30. The molecule has 0 saturated carbocycles. The molecule has 0 spiro atoms. The Morgan fingerprint density at radius 2 is 1.39 bits per heavy atom. The van der Waals surface area contributed by atoms with E-state index in [2.05, 4.69) is 57.2 Å². The van der Waals surface area contributed by atoms with Gasteiger partial charge >= 0.3 is 11.9 Å². The number of rotatable bonds is 9. The van der Waals surface area contributed by atoms with Crippen molar-refractivity contribution in [3.05, 3.63) is 90.0 Å². The molecule has 3 aromatic rings. The summed E-state index contributed by atoms with van der Waals surface area (Å²) in [5, 5.41) is 14.8. The SMILES string of the molecule is CCOc1ccccc1N1CCN(C(=O)C2CCN(Cc3cccc(OCc4ccccc4)c3)CC2)CC1.O=C(O)C(=O)O. The lowest BCUT2D eigenvalue weighted by atomic mass is 9.94. The van der Waals surface area contributed by atoms with Crippen molar-refractivity contribution in [2.45, 2.75) is 32.9 Å². The molecule has 2 aliphatic heterocycles. The van der Waals surface area contributed by atoms with E-state index in [1.54, 1.807) is 0 Å². The number of carbonyl (C=O) groups is 3. The van der Waals surface area contributed by atoms with Crippen molar-refractivity contribution in [1.29, 1.82) is 0 Å². The standard InChI is InChI=1S/C32H39N3O3.C2H2O4/c1-2-37-31-14-7-6-13-30(31)34-19-21-35(22-20-34)32(36)28-15-17-33(18-16-28)24-27-11-8-12-29(23-27)38-25-26-9-4-3-5-10-26;3-1(4)2(5)6/h3-14,23,28H,2,15-22,24-25H2,1H3;(H,3,4)(H,5,6). The second kappa shape index (κ2) is 16.3. The molecule has 10 nitrogen and oxygen atoms in total. The molecule has 2 fully saturated rings. The summed E-state index contributed by atoms with van der Waals surface area (Å²) in [4.78, 5) is 38.4. The van der Waals surface area contributed by atoms with Crippen LogP contribution in [0.15, 0.2) is 78.9 Å². The molecular weight excluding hydrogens is 562 g/mol. The normalized spacial score (nSPS) is 15.6. The first-order chi connectivity index (χ1) is 21.3. The lowest BCUT2D eigenvalue weighted by Gasteiger charge is -2.39. The molecule has 234 valence electrons. The van der Waals surface area contributed by atoms with Gasteiger partial charge in [-0.3, -0.25) is 9.69 Å². The zero-order chi connectivity index (χ0) is 31.3. The molecule has 0 aliphatic carbocycles. The maximum atomic E-state index is 13.3. The first kappa shape index (κ1) is 32.3. The second-order valence-corrected chi connectivity index (χ2v) is 10.8. The molecule has 2 heterocycles. The molecule has 2 saturated heterocycles. The third-order valence-corrected chi connectivity index (χ3v) is 7.77. The van der Waals surface area contributed by atoms with Crippen molar-refractivity contribution in [2.24, 2.45) is 5.92 Å². The minimum Gasteiger partial charge on any atom is -0.492 e. The third-order valence-electron chi connectivity index (χ3n) is 7.77. The Morgan fingerprint density at radius 1 is 0.750 bits per heavy atom. The quantitative estimate of drug-likeness (QED) is 0.344. The molecule has 2 aliphatic rings. The second-order valence-electron chi connectivity index (χ2n) is 10.8. The minimum atomic E-state index is -1.82. The number of para-hydroxylation sites is 2. The van der Waals surface area contributed by atoms with Crippen LogP contribution >= 0.6 is 0 Å². The third kappa shape index (κ3) is 9.47. The number of anilines is 1. The lowest BCUT2D eigenvalue weighted by molar-refractivity contribution is -0.159. The van der Waals surface area contributed by atoms with Crippen LogP contribution < -0.4 is 14.4 Å². The predicted molar refractivity (Wildman–Crippen MR) is 167 cm³/mol. The highest BCUT2D eigenvalue weighted by atomic mass is 16.5. The number of carboxylic acid groups (broad SMARTS) is 2. The number of likely N-dealkylation sites (tertiary alicyclic amines) is 1. The molecule has 0 atom stereocenters. The number of ether oxygens (including phenoxy) is 2. The monoisotopic (exact) mass is 603 g/mol. The van der Waals surface area contributed by atoms with E-state index < -0.39 is 11.9 Å². The Labute approximate surface area is 258 Å². The van der Waals surface area contributed by atoms with Crippen LogP contribution in [0.1, 0.15) is 30.9 Å². The van der Waals surface area contributed by atoms with Crippen LogP contribution in [-0.2, 0) is 27.5 Å². The van der Waals surface area contributed by atoms with Gasteiger partial charge in [0.25, 0.3) is 0 Å². The Hall–Kier alpha value is -4.57. The number of carboxylic acids is 2. The van der Waals surface area contributed by atoms with Crippen molar-refractivity contribution < 1.29 is 34.1 Å². The predicted octanol–water partition coefficient (Wildman–Crippen LogP) is 4.38. The van der Waals surface area contributed by atoms with E-state index in [1.165, 1.54) is 11.1 Å². The first-order valence-corrected chi connectivity index (χ1v) is 15.0. The summed E-state index contributed by atoms with van der Waals surface area (Å²) in [6, 6.07) is 26.8. The van der Waals surface area contributed by atoms with E-state index in [4.69, 9.17) is 29.3 Å². The van der Waals surface area contributed by atoms with Gasteiger partial charge in [0, 0.05) is 38.6 Å². The maximum absolute atomic E-state index is 13.3. The fourth-order valence-corrected chi connectivity index (χ4v) is 5.49. The smallest absolute Gasteiger partial charge is 0.414 e. The largest absolute Gasteiger partial charge is 0.492 e. The number of benzene rings is 3. The van der Waals surface area contributed by atoms with Crippen molar-refractivity contribution in [3.8, 4) is 11.5 Å². The van der Waals surface area contributed by atoms with Crippen LogP contribution in [-0.4, -0.2) is 83.7 Å². The summed E-state index contributed by atoms with van der Waals surface area (Å²) in [5.74, 6) is -1.35. The van der Waals surface area contributed by atoms with Gasteiger partial charge in [-0.05, 0) is 68.2 Å². The van der Waals surface area contributed by atoms with E-state index >= 15 is 0 Å². The van der Waals surface area contributed by atoms with E-state index in [9.17, 15) is 4.79 Å². The summed E-state index contributed by atoms with van der Waals surface area (Å²) < 4.78 is 11.8. The van der Waals surface area contributed by atoms with Crippen LogP contribution in [0.5, 0.6) is 11.5 Å². The topological polar surface area (TPSA) is 120 Å². The van der Waals surface area contributed by atoms with Gasteiger partial charge in [0.1, 0.15) is 18.1 Å². The number of amides is 1. The van der Waals surface area contributed by atoms with Crippen LogP contribution in [0.2, 0.25) is 0 Å². The highest BCUT2D eigenvalue weighted by molar-refractivity contribution is 6.27. The van der Waals surface area contributed by atoms with E-state index in [1.807, 2.05) is 43.3 Å². The van der Waals surface area contributed by atoms with Crippen molar-refractivity contribution in [2.75, 3.05) is 50.8 Å². The molecule has 1 amide bonds. The Bertz CT molecular complexity index is 1360. The van der Waals surface area contributed by atoms with Gasteiger partial charge in [-0.1, -0.05) is 54.6 Å². The van der Waals surface area contributed by atoms with E-state index in [-0.39, 0.29) is 5.92 Å². The minimum absolute atomic E-state index is 0.133. The number of carbonyl (C=O) groups excluding carboxylic acids is 1. The molecule has 5 rings (SSSR count). The van der Waals surface area contributed by atoms with Gasteiger partial charge in [0.2, 0.25) is 5.91 Å². The molecule has 0 aromatic heterocycles. The summed E-state index contributed by atoms with van der Waals surface area (Å²) >= 11 is 0. The van der Waals surface area contributed by atoms with Crippen LogP contribution in [0.25, 0.3) is 0 Å². The number of hydrogen-bond donors (Lipinski definition) is 2. The average Bonchev–Trinajstić information content (AvgIpc) is 3.05. The fraction of sp³-hybridized carbons (Fsp3) is 0.382. The first-order valence-electron chi connectivity index (χ1n) is 15.0. The van der Waals surface area contributed by atoms with Crippen LogP contribution in [0.4, 0.5) is 5.69 Å². The molecule has 0 radical (unpaired) electrons. The summed E-state index contributed by atoms with van der Waals surface area (Å²) in [5.41, 5.74) is 3.55. The zero-order valence-corrected chi connectivity index (χ0v) is 25.1. The molecule has 2 N–H and O–H groups in total. The summed E-state index contributed by atoms with van der Waals surface area (Å²) in [6.45, 7) is 9.27. The molecule has 10 heteroatoms. The van der Waals surface area contributed by atoms with Crippen molar-refractivity contribution >= 4 is 23.5 Å². The van der Waals surface area contributed by atoms with Gasteiger partial charge in [-0.2, -0.15) is 0 Å². The van der Waals surface area contributed by atoms with Gasteiger partial charge in [0.15, 0.2) is 0 Å². The molecule has 0 unspecified atom stereocenters. The number of hydrogen-bond acceptors (Lipinski definition) is 7. The molecule has 3 aromatic carbocycles. The average molecular weight is 604 g/mol. The summed E-state index contributed by atoms with van der Waals surface area (Å²) in [7, 11) is 0. The van der Waals surface area contributed by atoms with Crippen molar-refractivity contribution in [3.63, 3.8) is 0 Å². The lowest BCUT2D eigenvalue weighted by Crippen LogP contribution is -2.51. The summed E-state index contributed by atoms with van der Waals surface area (Å²) in [6.07, 6.45) is 1.85. The molecule has 44 heavy (non-hydrogen) atoms. The number of piperidine rings is 1. The number of nitrogens with zero attached hydrogens (tertiary/aromatic N) is 3. The van der Waals surface area contributed by atoms with Gasteiger partial charge in [0.05, 0.1) is 12.3 Å². The Morgan fingerprint density at radius 3 is 2.05 bits per heavy atom. The highest BCUT2D eigenvalue weighted by Gasteiger charge is 2.31. The Balaban J connectivity index is 0.000000670. The van der Waals surface area contributed by atoms with Crippen LogP contribution in [0, 0.1) is 5.92 Å². The van der Waals surface area contributed by atoms with Gasteiger partial charge in [-0.25, -0.2) is 9.59 Å². The van der Waals surface area contributed by atoms with Crippen molar-refractivity contribution in [1.82, 2.24) is 9.80 Å². The van der Waals surface area contributed by atoms with E-state index in [0.717, 1.165) is 75.8 Å². The van der Waals surface area contributed by atoms with Crippen LogP contribution in [0.3, 0.4) is 0 Å². The molecular formula is C34H41N3O7.